The minimum Gasteiger partial charge on any atom is -0.398 e. The van der Waals surface area contributed by atoms with Gasteiger partial charge in [-0.1, -0.05) is 6.92 Å². The predicted octanol–water partition coefficient (Wildman–Crippen LogP) is 2.00. The normalized spacial score (nSPS) is 12.5. The van der Waals surface area contributed by atoms with Crippen LogP contribution in [0.25, 0.3) is 10.9 Å². The van der Waals surface area contributed by atoms with E-state index in [1.165, 1.54) is 0 Å². The van der Waals surface area contributed by atoms with Crippen LogP contribution in [0.2, 0.25) is 0 Å². The fraction of sp³-hybridized carbons (Fsp3) is 0.308. The van der Waals surface area contributed by atoms with Gasteiger partial charge in [0, 0.05) is 46.1 Å². The van der Waals surface area contributed by atoms with Gasteiger partial charge >= 0.3 is 0 Å². The van der Waals surface area contributed by atoms with Crippen molar-refractivity contribution in [2.45, 2.75) is 6.92 Å². The Morgan fingerprint density at radius 1 is 1.39 bits per heavy atom. The van der Waals surface area contributed by atoms with Crippen LogP contribution in [0.1, 0.15) is 6.92 Å². The number of nitrogens with one attached hydrogen (secondary N) is 1. The number of nitrogens with zero attached hydrogens (tertiary/aromatic N) is 1. The average Bonchev–Trinajstić information content (AvgIpc) is 2.41. The van der Waals surface area contributed by atoms with Gasteiger partial charge in [0.15, 0.2) is 0 Å². The molecule has 2 aromatic rings. The van der Waals surface area contributed by atoms with Crippen LogP contribution in [0.4, 0.5) is 11.4 Å². The van der Waals surface area contributed by atoms with E-state index in [1.54, 1.807) is 6.20 Å². The number of pyridine rings is 1. The highest BCUT2D eigenvalue weighted by Crippen LogP contribution is 2.25. The molecule has 0 bridgehead atoms. The maximum absolute atomic E-state index is 11.4. The second kappa shape index (κ2) is 5.82. The van der Waals surface area contributed by atoms with Gasteiger partial charge < -0.3 is 11.1 Å². The third-order valence-electron chi connectivity index (χ3n) is 2.77. The molecule has 1 atom stereocenters. The summed E-state index contributed by atoms with van der Waals surface area (Å²) in [6.45, 7) is 2.60. The molecule has 2 rings (SSSR count). The Kier molecular flexibility index (Phi) is 4.15. The Hall–Kier alpha value is -1.62. The van der Waals surface area contributed by atoms with Gasteiger partial charge in [0.2, 0.25) is 0 Å². The zero-order valence-electron chi connectivity index (χ0n) is 10.3. The Balaban J connectivity index is 2.18. The van der Waals surface area contributed by atoms with E-state index in [4.69, 9.17) is 5.73 Å². The monoisotopic (exact) mass is 263 g/mol. The molecule has 0 saturated carbocycles. The summed E-state index contributed by atoms with van der Waals surface area (Å²) in [4.78, 5) is 4.34. The van der Waals surface area contributed by atoms with E-state index < -0.39 is 10.8 Å². The largest absolute Gasteiger partial charge is 0.398 e. The van der Waals surface area contributed by atoms with Gasteiger partial charge in [0.05, 0.1) is 11.2 Å². The molecule has 0 spiro atoms. The van der Waals surface area contributed by atoms with Gasteiger partial charge in [0.1, 0.15) is 0 Å². The second-order valence-electron chi connectivity index (χ2n) is 3.96. The number of benzene rings is 1. The summed E-state index contributed by atoms with van der Waals surface area (Å²) in [6.07, 6.45) is 1.75. The molecule has 96 valence electrons. The summed E-state index contributed by atoms with van der Waals surface area (Å²) in [5.74, 6) is 1.34. The van der Waals surface area contributed by atoms with Crippen molar-refractivity contribution in [3.05, 3.63) is 30.5 Å². The lowest BCUT2D eigenvalue weighted by atomic mass is 10.1. The Labute approximate surface area is 109 Å². The predicted molar refractivity (Wildman–Crippen MR) is 78.2 cm³/mol. The van der Waals surface area contributed by atoms with Crippen molar-refractivity contribution >= 4 is 33.1 Å². The molecule has 1 heterocycles. The number of rotatable bonds is 5. The molecule has 0 aliphatic rings. The molecule has 1 aromatic heterocycles. The van der Waals surface area contributed by atoms with E-state index in [9.17, 15) is 4.21 Å². The summed E-state index contributed by atoms with van der Waals surface area (Å²) in [5.41, 5.74) is 8.43. The van der Waals surface area contributed by atoms with Crippen LogP contribution in [-0.4, -0.2) is 27.2 Å². The van der Waals surface area contributed by atoms with Crippen LogP contribution in [-0.2, 0) is 10.8 Å². The zero-order valence-corrected chi connectivity index (χ0v) is 11.2. The second-order valence-corrected chi connectivity index (χ2v) is 5.83. The van der Waals surface area contributed by atoms with Crippen molar-refractivity contribution in [1.82, 2.24) is 4.98 Å². The van der Waals surface area contributed by atoms with E-state index in [-0.39, 0.29) is 0 Å². The highest BCUT2D eigenvalue weighted by Gasteiger charge is 2.04. The molecule has 0 fully saturated rings. The summed E-state index contributed by atoms with van der Waals surface area (Å²) in [7, 11) is -0.746. The van der Waals surface area contributed by atoms with Gasteiger partial charge in [-0.3, -0.25) is 9.19 Å². The first kappa shape index (κ1) is 12.8. The van der Waals surface area contributed by atoms with Gasteiger partial charge in [-0.05, 0) is 24.3 Å². The van der Waals surface area contributed by atoms with E-state index in [0.29, 0.717) is 18.1 Å². The lowest BCUT2D eigenvalue weighted by Crippen LogP contribution is -2.12. The average molecular weight is 263 g/mol. The fourth-order valence-electron chi connectivity index (χ4n) is 1.78. The number of fused-ring (bicyclic) bond motifs is 1. The molecule has 0 amide bonds. The molecular weight excluding hydrogens is 246 g/mol. The topological polar surface area (TPSA) is 68.0 Å². The van der Waals surface area contributed by atoms with Gasteiger partial charge in [-0.25, -0.2) is 0 Å². The smallest absolute Gasteiger partial charge is 0.0953 e. The molecule has 3 N–H and O–H groups in total. The number of hydrogen-bond donors (Lipinski definition) is 2. The van der Waals surface area contributed by atoms with Crippen LogP contribution < -0.4 is 11.1 Å². The third kappa shape index (κ3) is 2.79. The van der Waals surface area contributed by atoms with E-state index >= 15 is 0 Å². The van der Waals surface area contributed by atoms with Crippen molar-refractivity contribution in [1.29, 1.82) is 0 Å². The first-order chi connectivity index (χ1) is 8.72. The maximum atomic E-state index is 11.4. The van der Waals surface area contributed by atoms with Crippen molar-refractivity contribution in [2.75, 3.05) is 29.1 Å². The van der Waals surface area contributed by atoms with Crippen LogP contribution in [0, 0.1) is 0 Å². The van der Waals surface area contributed by atoms with E-state index in [1.807, 2.05) is 31.2 Å². The molecule has 0 saturated heterocycles. The van der Waals surface area contributed by atoms with Crippen LogP contribution >= 0.6 is 0 Å². The summed E-state index contributed by atoms with van der Waals surface area (Å²) in [5, 5.41) is 4.21. The SMILES string of the molecule is CCS(=O)CCNc1ccc(N)c2cccnc12. The summed E-state index contributed by atoms with van der Waals surface area (Å²) < 4.78 is 11.4. The molecule has 0 aliphatic heterocycles. The highest BCUT2D eigenvalue weighted by molar-refractivity contribution is 7.84. The minimum absolute atomic E-state index is 0.648. The highest BCUT2D eigenvalue weighted by atomic mass is 32.2. The van der Waals surface area contributed by atoms with Crippen molar-refractivity contribution < 1.29 is 4.21 Å². The van der Waals surface area contributed by atoms with Crippen molar-refractivity contribution in [3.8, 4) is 0 Å². The first-order valence-corrected chi connectivity index (χ1v) is 7.43. The minimum atomic E-state index is -0.746. The molecule has 1 unspecified atom stereocenters. The van der Waals surface area contributed by atoms with E-state index in [2.05, 4.69) is 10.3 Å². The number of hydrogen-bond acceptors (Lipinski definition) is 4. The summed E-state index contributed by atoms with van der Waals surface area (Å²) >= 11 is 0. The third-order valence-corrected chi connectivity index (χ3v) is 4.07. The Morgan fingerprint density at radius 2 is 2.22 bits per heavy atom. The number of aromatic nitrogens is 1. The first-order valence-electron chi connectivity index (χ1n) is 5.94. The Bertz CT molecular complexity index is 571. The maximum Gasteiger partial charge on any atom is 0.0953 e. The summed E-state index contributed by atoms with van der Waals surface area (Å²) in [6, 6.07) is 7.60. The van der Waals surface area contributed by atoms with Crippen LogP contribution in [0.15, 0.2) is 30.5 Å². The number of nitrogens with two attached hydrogens (primary N) is 1. The van der Waals surface area contributed by atoms with Gasteiger partial charge in [0.25, 0.3) is 0 Å². The van der Waals surface area contributed by atoms with Crippen LogP contribution in [0.5, 0.6) is 0 Å². The molecule has 5 heteroatoms. The molecular formula is C13H17N3OS. The molecule has 0 radical (unpaired) electrons. The number of anilines is 2. The number of nitrogen functional groups attached to an aromatic ring is 1. The zero-order chi connectivity index (χ0) is 13.0. The molecule has 4 nitrogen and oxygen atoms in total. The molecule has 18 heavy (non-hydrogen) atoms. The molecule has 0 aliphatic carbocycles. The van der Waals surface area contributed by atoms with Crippen molar-refractivity contribution in [3.63, 3.8) is 0 Å². The van der Waals surface area contributed by atoms with E-state index in [0.717, 1.165) is 22.3 Å². The van der Waals surface area contributed by atoms with Crippen molar-refractivity contribution in [2.24, 2.45) is 0 Å². The standard InChI is InChI=1S/C13H17N3OS/c1-2-18(17)9-8-15-12-6-5-11(14)10-4-3-7-16-13(10)12/h3-7,15H,2,8-9,14H2,1H3. The Morgan fingerprint density at radius 3 is 3.00 bits per heavy atom. The van der Waals surface area contributed by atoms with Gasteiger partial charge in [-0.15, -0.1) is 0 Å². The fourth-order valence-corrected chi connectivity index (χ4v) is 2.40. The van der Waals surface area contributed by atoms with Crippen LogP contribution in [0.3, 0.4) is 0 Å². The molecule has 1 aromatic carbocycles. The lowest BCUT2D eigenvalue weighted by Gasteiger charge is -2.10. The quantitative estimate of drug-likeness (QED) is 0.810. The lowest BCUT2D eigenvalue weighted by molar-refractivity contribution is 0.684. The van der Waals surface area contributed by atoms with Gasteiger partial charge in [-0.2, -0.15) is 0 Å².